The number of anilines is 2. The number of rotatable bonds is 5. The molecule has 0 saturated heterocycles. The first-order valence-electron chi connectivity index (χ1n) is 11.5. The molecule has 1 saturated carbocycles. The van der Waals surface area contributed by atoms with E-state index >= 15 is 0 Å². The lowest BCUT2D eigenvalue weighted by Gasteiger charge is -2.36. The van der Waals surface area contributed by atoms with Crippen LogP contribution in [0.4, 0.5) is 20.6 Å². The van der Waals surface area contributed by atoms with Crippen LogP contribution in [0.25, 0.3) is 0 Å². The van der Waals surface area contributed by atoms with E-state index < -0.39 is 0 Å². The maximum atomic E-state index is 13.2. The van der Waals surface area contributed by atoms with Gasteiger partial charge in [0.2, 0.25) is 0 Å². The van der Waals surface area contributed by atoms with Crippen molar-refractivity contribution in [3.8, 4) is 0 Å². The van der Waals surface area contributed by atoms with Gasteiger partial charge in [-0.3, -0.25) is 5.32 Å². The highest BCUT2D eigenvalue weighted by Gasteiger charge is 2.33. The van der Waals surface area contributed by atoms with E-state index in [9.17, 15) is 9.18 Å². The summed E-state index contributed by atoms with van der Waals surface area (Å²) in [5.74, 6) is 1.33. The second-order valence-electron chi connectivity index (χ2n) is 9.54. The number of nitrogens with zero attached hydrogens (tertiary/aromatic N) is 1. The second kappa shape index (κ2) is 9.29. The van der Waals surface area contributed by atoms with E-state index in [-0.39, 0.29) is 18.0 Å². The molecular formula is C26H33FN2O2. The van der Waals surface area contributed by atoms with Crippen LogP contribution in [0.2, 0.25) is 0 Å². The van der Waals surface area contributed by atoms with Crippen LogP contribution >= 0.6 is 0 Å². The van der Waals surface area contributed by atoms with E-state index in [2.05, 4.69) is 37.1 Å². The minimum Gasteiger partial charge on any atom is -0.446 e. The topological polar surface area (TPSA) is 41.6 Å². The summed E-state index contributed by atoms with van der Waals surface area (Å²) in [6.07, 6.45) is 3.84. The molecule has 1 heterocycles. The molecule has 2 aliphatic rings. The Bertz CT molecular complexity index is 912. The van der Waals surface area contributed by atoms with Crippen molar-refractivity contribution in [2.75, 3.05) is 16.8 Å². The summed E-state index contributed by atoms with van der Waals surface area (Å²) in [5.41, 5.74) is 4.24. The Morgan fingerprint density at radius 2 is 1.97 bits per heavy atom. The van der Waals surface area contributed by atoms with Crippen molar-refractivity contribution in [2.24, 2.45) is 17.8 Å². The Kier molecular flexibility index (Phi) is 6.49. The fraction of sp³-hybridized carbons (Fsp3) is 0.500. The number of fused-ring (bicyclic) bond motifs is 1. The number of carbonyl (C=O) groups is 1. The SMILES string of the molecule is CC(C)[C@H]1CC[C@H](C)C[C@@H]1OC(=O)Nc1ccc2c(c1)CCN2Cc1ccc(F)cc1. The van der Waals surface area contributed by atoms with E-state index in [0.717, 1.165) is 43.6 Å². The second-order valence-corrected chi connectivity index (χ2v) is 9.54. The molecule has 1 aliphatic carbocycles. The van der Waals surface area contributed by atoms with Crippen LogP contribution in [0.5, 0.6) is 0 Å². The monoisotopic (exact) mass is 424 g/mol. The maximum absolute atomic E-state index is 13.2. The average molecular weight is 425 g/mol. The Morgan fingerprint density at radius 3 is 2.71 bits per heavy atom. The van der Waals surface area contributed by atoms with E-state index in [1.54, 1.807) is 0 Å². The van der Waals surface area contributed by atoms with E-state index in [0.29, 0.717) is 17.8 Å². The Morgan fingerprint density at radius 1 is 1.19 bits per heavy atom. The number of carbonyl (C=O) groups excluding carboxylic acids is 1. The smallest absolute Gasteiger partial charge is 0.411 e. The Labute approximate surface area is 184 Å². The normalized spacial score (nSPS) is 23.0. The predicted molar refractivity (Wildman–Crippen MR) is 123 cm³/mol. The van der Waals surface area contributed by atoms with Crippen LogP contribution < -0.4 is 10.2 Å². The summed E-state index contributed by atoms with van der Waals surface area (Å²) in [6, 6.07) is 12.7. The third kappa shape index (κ3) is 5.20. The number of hydrogen-bond donors (Lipinski definition) is 1. The zero-order valence-electron chi connectivity index (χ0n) is 18.7. The van der Waals surface area contributed by atoms with E-state index in [1.807, 2.05) is 24.3 Å². The summed E-state index contributed by atoms with van der Waals surface area (Å²) in [7, 11) is 0. The first-order valence-corrected chi connectivity index (χ1v) is 11.5. The fourth-order valence-electron chi connectivity index (χ4n) is 5.06. The van der Waals surface area contributed by atoms with Gasteiger partial charge < -0.3 is 9.64 Å². The van der Waals surface area contributed by atoms with Gasteiger partial charge in [0.05, 0.1) is 0 Å². The molecule has 0 aromatic heterocycles. The highest BCUT2D eigenvalue weighted by Crippen LogP contribution is 2.36. The lowest BCUT2D eigenvalue weighted by atomic mass is 9.75. The molecule has 31 heavy (non-hydrogen) atoms. The molecule has 1 N–H and O–H groups in total. The Hall–Kier alpha value is -2.56. The van der Waals surface area contributed by atoms with Crippen molar-refractivity contribution in [1.82, 2.24) is 0 Å². The van der Waals surface area contributed by atoms with Crippen molar-refractivity contribution < 1.29 is 13.9 Å². The standard InChI is InChI=1S/C26H33FN2O2/c1-17(2)23-10-4-18(3)14-25(23)31-26(30)28-22-9-11-24-20(15-22)12-13-29(24)16-19-5-7-21(27)8-6-19/h5-9,11,15,17-18,23,25H,4,10,12-14,16H2,1-3H3,(H,28,30)/t18-,23+,25-/m0/s1. The fourth-order valence-corrected chi connectivity index (χ4v) is 5.06. The molecule has 4 nitrogen and oxygen atoms in total. The molecule has 2 aromatic carbocycles. The van der Waals surface area contributed by atoms with Gasteiger partial charge in [0, 0.05) is 24.5 Å². The Balaban J connectivity index is 1.38. The molecule has 1 amide bonds. The summed E-state index contributed by atoms with van der Waals surface area (Å²) in [6.45, 7) is 8.33. The molecule has 2 aromatic rings. The minimum absolute atomic E-state index is 0.00984. The summed E-state index contributed by atoms with van der Waals surface area (Å²) in [5, 5.41) is 2.94. The quantitative estimate of drug-likeness (QED) is 0.604. The van der Waals surface area contributed by atoms with Gasteiger partial charge in [-0.05, 0) is 78.5 Å². The lowest BCUT2D eigenvalue weighted by Crippen LogP contribution is -2.36. The molecule has 166 valence electrons. The maximum Gasteiger partial charge on any atom is 0.411 e. The minimum atomic E-state index is -0.356. The largest absolute Gasteiger partial charge is 0.446 e. The van der Waals surface area contributed by atoms with Gasteiger partial charge in [0.1, 0.15) is 11.9 Å². The predicted octanol–water partition coefficient (Wildman–Crippen LogP) is 6.40. The molecule has 0 radical (unpaired) electrons. The van der Waals surface area contributed by atoms with Crippen molar-refractivity contribution in [2.45, 2.75) is 59.1 Å². The summed E-state index contributed by atoms with van der Waals surface area (Å²) in [4.78, 5) is 14.9. The van der Waals surface area contributed by atoms with Gasteiger partial charge >= 0.3 is 6.09 Å². The van der Waals surface area contributed by atoms with Gasteiger partial charge in [0.25, 0.3) is 0 Å². The molecule has 5 heteroatoms. The van der Waals surface area contributed by atoms with Gasteiger partial charge in [-0.25, -0.2) is 9.18 Å². The van der Waals surface area contributed by atoms with Gasteiger partial charge in [0.15, 0.2) is 0 Å². The zero-order chi connectivity index (χ0) is 22.0. The highest BCUT2D eigenvalue weighted by molar-refractivity contribution is 5.85. The average Bonchev–Trinajstić information content (AvgIpc) is 3.11. The molecule has 0 unspecified atom stereocenters. The summed E-state index contributed by atoms with van der Waals surface area (Å²) < 4.78 is 19.0. The molecule has 3 atom stereocenters. The molecule has 1 aliphatic heterocycles. The van der Waals surface area contributed by atoms with Crippen molar-refractivity contribution in [3.63, 3.8) is 0 Å². The molecule has 0 bridgehead atoms. The van der Waals surface area contributed by atoms with Gasteiger partial charge in [-0.2, -0.15) is 0 Å². The number of halogens is 1. The number of hydrogen-bond acceptors (Lipinski definition) is 3. The van der Waals surface area contributed by atoms with Gasteiger partial charge in [-0.1, -0.05) is 39.3 Å². The van der Waals surface area contributed by atoms with Crippen LogP contribution in [-0.2, 0) is 17.7 Å². The first-order chi connectivity index (χ1) is 14.9. The van der Waals surface area contributed by atoms with Crippen LogP contribution in [0.15, 0.2) is 42.5 Å². The number of nitrogens with one attached hydrogen (secondary N) is 1. The number of benzene rings is 2. The number of amides is 1. The third-order valence-corrected chi connectivity index (χ3v) is 6.82. The summed E-state index contributed by atoms with van der Waals surface area (Å²) >= 11 is 0. The van der Waals surface area contributed by atoms with Crippen LogP contribution in [0.3, 0.4) is 0 Å². The van der Waals surface area contributed by atoms with Crippen LogP contribution in [0, 0.1) is 23.6 Å². The van der Waals surface area contributed by atoms with Crippen molar-refractivity contribution in [3.05, 3.63) is 59.4 Å². The zero-order valence-corrected chi connectivity index (χ0v) is 18.7. The van der Waals surface area contributed by atoms with Gasteiger partial charge in [-0.15, -0.1) is 0 Å². The van der Waals surface area contributed by atoms with Crippen LogP contribution in [0.1, 0.15) is 51.2 Å². The van der Waals surface area contributed by atoms with E-state index in [4.69, 9.17) is 4.74 Å². The molecular weight excluding hydrogens is 391 g/mol. The molecule has 4 rings (SSSR count). The highest BCUT2D eigenvalue weighted by atomic mass is 19.1. The van der Waals surface area contributed by atoms with E-state index in [1.165, 1.54) is 29.8 Å². The van der Waals surface area contributed by atoms with Crippen molar-refractivity contribution in [1.29, 1.82) is 0 Å². The first kappa shape index (κ1) is 21.7. The van der Waals surface area contributed by atoms with Crippen molar-refractivity contribution >= 4 is 17.5 Å². The lowest BCUT2D eigenvalue weighted by molar-refractivity contribution is 0.0126. The number of ether oxygens (including phenoxy) is 1. The van der Waals surface area contributed by atoms with Crippen LogP contribution in [-0.4, -0.2) is 18.7 Å². The molecule has 1 fully saturated rings. The molecule has 0 spiro atoms. The third-order valence-electron chi connectivity index (χ3n) is 6.82.